The van der Waals surface area contributed by atoms with Gasteiger partial charge in [-0.25, -0.2) is 0 Å². The molecule has 0 heterocycles. The van der Waals surface area contributed by atoms with Crippen LogP contribution in [0.1, 0.15) is 23.5 Å². The summed E-state index contributed by atoms with van der Waals surface area (Å²) in [6.45, 7) is 0. The minimum absolute atomic E-state index is 0.0293. The van der Waals surface area contributed by atoms with E-state index in [1.54, 1.807) is 0 Å². The third-order valence-electron chi connectivity index (χ3n) is 2.99. The van der Waals surface area contributed by atoms with Crippen LogP contribution in [0.15, 0.2) is 59.1 Å². The van der Waals surface area contributed by atoms with E-state index in [4.69, 9.17) is 0 Å². The van der Waals surface area contributed by atoms with E-state index in [1.165, 1.54) is 5.56 Å². The molecule has 2 aromatic rings. The van der Waals surface area contributed by atoms with Crippen LogP contribution >= 0.6 is 15.9 Å². The van der Waals surface area contributed by atoms with Crippen molar-refractivity contribution in [2.24, 2.45) is 0 Å². The van der Waals surface area contributed by atoms with Crippen LogP contribution < -0.4 is 0 Å². The molecular formula is C16H14BrN. The molecule has 0 unspecified atom stereocenters. The Balaban J connectivity index is 2.02. The number of hydrogen-bond acceptors (Lipinski definition) is 1. The van der Waals surface area contributed by atoms with E-state index in [0.717, 1.165) is 22.9 Å². The fourth-order valence-corrected chi connectivity index (χ4v) is 2.22. The maximum atomic E-state index is 9.27. The van der Waals surface area contributed by atoms with Crippen LogP contribution in [0.2, 0.25) is 0 Å². The zero-order chi connectivity index (χ0) is 12.8. The predicted octanol–water partition coefficient (Wildman–Crippen LogP) is 4.69. The van der Waals surface area contributed by atoms with Crippen molar-refractivity contribution in [2.75, 3.05) is 0 Å². The molecule has 0 radical (unpaired) electrons. The highest BCUT2D eigenvalue weighted by atomic mass is 79.9. The number of nitrogens with zero attached hydrogens (tertiary/aromatic N) is 1. The maximum absolute atomic E-state index is 9.27. The number of nitriles is 1. The van der Waals surface area contributed by atoms with Crippen LogP contribution in [0, 0.1) is 11.3 Å². The summed E-state index contributed by atoms with van der Waals surface area (Å²) in [7, 11) is 0. The minimum Gasteiger partial charge on any atom is -0.198 e. The highest BCUT2D eigenvalue weighted by molar-refractivity contribution is 9.10. The Hall–Kier alpha value is -1.59. The third kappa shape index (κ3) is 3.45. The van der Waals surface area contributed by atoms with Gasteiger partial charge < -0.3 is 0 Å². The van der Waals surface area contributed by atoms with Crippen LogP contribution in [0.25, 0.3) is 0 Å². The van der Waals surface area contributed by atoms with Gasteiger partial charge in [-0.2, -0.15) is 5.26 Å². The van der Waals surface area contributed by atoms with Crippen molar-refractivity contribution in [3.05, 3.63) is 70.2 Å². The standard InChI is InChI=1S/C16H14BrN/c17-16-10-8-14(9-11-16)15(12-18)7-6-13-4-2-1-3-5-13/h1-5,8-11,15H,6-7H2/t15-/m0/s1. The molecule has 2 rings (SSSR count). The molecule has 0 aliphatic heterocycles. The summed E-state index contributed by atoms with van der Waals surface area (Å²) < 4.78 is 1.05. The molecular weight excluding hydrogens is 286 g/mol. The Morgan fingerprint density at radius 2 is 1.67 bits per heavy atom. The zero-order valence-electron chi connectivity index (χ0n) is 10.0. The number of halogens is 1. The van der Waals surface area contributed by atoms with E-state index in [0.29, 0.717) is 0 Å². The van der Waals surface area contributed by atoms with Gasteiger partial charge in [0.2, 0.25) is 0 Å². The van der Waals surface area contributed by atoms with Crippen LogP contribution in [-0.4, -0.2) is 0 Å². The van der Waals surface area contributed by atoms with Gasteiger partial charge in [-0.3, -0.25) is 0 Å². The van der Waals surface area contributed by atoms with Gasteiger partial charge in [0.25, 0.3) is 0 Å². The van der Waals surface area contributed by atoms with E-state index in [9.17, 15) is 5.26 Å². The lowest BCUT2D eigenvalue weighted by Crippen LogP contribution is -1.98. The lowest BCUT2D eigenvalue weighted by Gasteiger charge is -2.09. The Labute approximate surface area is 116 Å². The van der Waals surface area contributed by atoms with Gasteiger partial charge in [0.15, 0.2) is 0 Å². The monoisotopic (exact) mass is 299 g/mol. The van der Waals surface area contributed by atoms with E-state index >= 15 is 0 Å². The Morgan fingerprint density at radius 3 is 2.28 bits per heavy atom. The first-order chi connectivity index (χ1) is 8.79. The molecule has 18 heavy (non-hydrogen) atoms. The lowest BCUT2D eigenvalue weighted by atomic mass is 9.94. The minimum atomic E-state index is -0.0293. The van der Waals surface area contributed by atoms with Gasteiger partial charge in [-0.1, -0.05) is 58.4 Å². The van der Waals surface area contributed by atoms with E-state index in [1.807, 2.05) is 42.5 Å². The van der Waals surface area contributed by atoms with Crippen molar-refractivity contribution in [1.29, 1.82) is 5.26 Å². The molecule has 2 heteroatoms. The Kier molecular flexibility index (Phi) is 4.55. The summed E-state index contributed by atoms with van der Waals surface area (Å²) in [6, 6.07) is 20.7. The van der Waals surface area contributed by atoms with E-state index in [2.05, 4.69) is 34.1 Å². The third-order valence-corrected chi connectivity index (χ3v) is 3.52. The first kappa shape index (κ1) is 12.9. The normalized spacial score (nSPS) is 11.8. The number of hydrogen-bond donors (Lipinski definition) is 0. The molecule has 0 saturated heterocycles. The fraction of sp³-hybridized carbons (Fsp3) is 0.188. The van der Waals surface area contributed by atoms with Crippen molar-refractivity contribution in [2.45, 2.75) is 18.8 Å². The topological polar surface area (TPSA) is 23.8 Å². The summed E-state index contributed by atoms with van der Waals surface area (Å²) >= 11 is 3.41. The largest absolute Gasteiger partial charge is 0.198 e. The number of benzene rings is 2. The summed E-state index contributed by atoms with van der Waals surface area (Å²) in [5, 5.41) is 9.27. The fourth-order valence-electron chi connectivity index (χ4n) is 1.96. The summed E-state index contributed by atoms with van der Waals surface area (Å²) in [5.74, 6) is -0.0293. The number of rotatable bonds is 4. The molecule has 0 N–H and O–H groups in total. The van der Waals surface area contributed by atoms with Crippen LogP contribution in [0.3, 0.4) is 0 Å². The van der Waals surface area contributed by atoms with E-state index in [-0.39, 0.29) is 5.92 Å². The molecule has 0 saturated carbocycles. The second kappa shape index (κ2) is 6.37. The van der Waals surface area contributed by atoms with Crippen molar-refractivity contribution in [1.82, 2.24) is 0 Å². The molecule has 0 aliphatic carbocycles. The first-order valence-electron chi connectivity index (χ1n) is 5.98. The van der Waals surface area contributed by atoms with Crippen molar-refractivity contribution >= 4 is 15.9 Å². The van der Waals surface area contributed by atoms with Gasteiger partial charge in [-0.15, -0.1) is 0 Å². The second-order valence-electron chi connectivity index (χ2n) is 4.26. The molecule has 0 aromatic heterocycles. The van der Waals surface area contributed by atoms with Gasteiger partial charge in [0.1, 0.15) is 0 Å². The quantitative estimate of drug-likeness (QED) is 0.803. The molecule has 90 valence electrons. The predicted molar refractivity (Wildman–Crippen MR) is 77.3 cm³/mol. The molecule has 0 fully saturated rings. The Morgan fingerprint density at radius 1 is 1.00 bits per heavy atom. The number of aryl methyl sites for hydroxylation is 1. The van der Waals surface area contributed by atoms with Crippen LogP contribution in [0.5, 0.6) is 0 Å². The van der Waals surface area contributed by atoms with Crippen molar-refractivity contribution < 1.29 is 0 Å². The summed E-state index contributed by atoms with van der Waals surface area (Å²) in [6.07, 6.45) is 1.80. The smallest absolute Gasteiger partial charge is 0.0715 e. The molecule has 1 atom stereocenters. The average Bonchev–Trinajstić information content (AvgIpc) is 2.42. The molecule has 0 amide bonds. The van der Waals surface area contributed by atoms with Crippen LogP contribution in [-0.2, 0) is 6.42 Å². The average molecular weight is 300 g/mol. The molecule has 0 spiro atoms. The molecule has 2 aromatic carbocycles. The highest BCUT2D eigenvalue weighted by Crippen LogP contribution is 2.22. The van der Waals surface area contributed by atoms with Crippen LogP contribution in [0.4, 0.5) is 0 Å². The van der Waals surface area contributed by atoms with Gasteiger partial charge in [-0.05, 0) is 36.1 Å². The second-order valence-corrected chi connectivity index (χ2v) is 5.17. The maximum Gasteiger partial charge on any atom is 0.0715 e. The summed E-state index contributed by atoms with van der Waals surface area (Å²) in [4.78, 5) is 0. The van der Waals surface area contributed by atoms with E-state index < -0.39 is 0 Å². The molecule has 0 bridgehead atoms. The van der Waals surface area contributed by atoms with Crippen molar-refractivity contribution in [3.63, 3.8) is 0 Å². The SMILES string of the molecule is N#C[C@H](CCc1ccccc1)c1ccc(Br)cc1. The summed E-state index contributed by atoms with van der Waals surface area (Å²) in [5.41, 5.74) is 2.38. The molecule has 1 nitrogen and oxygen atoms in total. The molecule has 0 aliphatic rings. The highest BCUT2D eigenvalue weighted by Gasteiger charge is 2.10. The Bertz CT molecular complexity index is 525. The van der Waals surface area contributed by atoms with Gasteiger partial charge in [0.05, 0.1) is 12.0 Å². The van der Waals surface area contributed by atoms with Gasteiger partial charge >= 0.3 is 0 Å². The zero-order valence-corrected chi connectivity index (χ0v) is 11.6. The van der Waals surface area contributed by atoms with Gasteiger partial charge in [0, 0.05) is 4.47 Å². The van der Waals surface area contributed by atoms with Crippen molar-refractivity contribution in [3.8, 4) is 6.07 Å². The first-order valence-corrected chi connectivity index (χ1v) is 6.78. The lowest BCUT2D eigenvalue weighted by molar-refractivity contribution is 0.746.